The van der Waals surface area contributed by atoms with Crippen LogP contribution in [0, 0.1) is 11.6 Å². The summed E-state index contributed by atoms with van der Waals surface area (Å²) in [5.41, 5.74) is 2.16. The minimum Gasteiger partial charge on any atom is -0.455 e. The molecule has 6 rings (SSSR count). The highest BCUT2D eigenvalue weighted by atomic mass is 32.2. The van der Waals surface area contributed by atoms with Gasteiger partial charge in [-0.05, 0) is 61.0 Å². The second kappa shape index (κ2) is 11.5. The summed E-state index contributed by atoms with van der Waals surface area (Å²) in [6.07, 6.45) is 3.88. The van der Waals surface area contributed by atoms with Crippen molar-refractivity contribution in [1.29, 1.82) is 0 Å². The Bertz CT molecular complexity index is 2320. The zero-order chi connectivity index (χ0) is 32.9. The zero-order valence-electron chi connectivity index (χ0n) is 25.1. The maximum atomic E-state index is 13.8. The third-order valence-electron chi connectivity index (χ3n) is 7.92. The molecule has 13 heteroatoms. The minimum absolute atomic E-state index is 0.157. The molecule has 0 aliphatic heterocycles. The molecule has 0 saturated heterocycles. The van der Waals surface area contributed by atoms with Crippen molar-refractivity contribution in [2.24, 2.45) is 0 Å². The first-order valence-electron chi connectivity index (χ1n) is 14.0. The Labute approximate surface area is 262 Å². The number of rotatable bonds is 7. The number of hydrogen-bond acceptors (Lipinski definition) is 7. The fourth-order valence-corrected chi connectivity index (χ4v) is 5.82. The summed E-state index contributed by atoms with van der Waals surface area (Å²) in [7, 11) is -0.962. The maximum absolute atomic E-state index is 13.8. The maximum Gasteiger partial charge on any atom is 0.263 e. The highest BCUT2D eigenvalue weighted by Crippen LogP contribution is 2.41. The summed E-state index contributed by atoms with van der Waals surface area (Å²) in [6, 6.07) is 15.4. The van der Waals surface area contributed by atoms with E-state index >= 15 is 0 Å². The fourth-order valence-electron chi connectivity index (χ4n) is 5.31. The number of halogens is 2. The molecule has 1 unspecified atom stereocenters. The highest BCUT2D eigenvalue weighted by molar-refractivity contribution is 7.92. The van der Waals surface area contributed by atoms with E-state index in [1.165, 1.54) is 73.7 Å². The van der Waals surface area contributed by atoms with Crippen LogP contribution in [-0.2, 0) is 10.0 Å². The topological polar surface area (TPSA) is 127 Å². The number of anilines is 1. The van der Waals surface area contributed by atoms with Crippen LogP contribution in [-0.4, -0.2) is 49.2 Å². The molecule has 0 spiro atoms. The molecule has 1 N–H and O–H groups in total. The van der Waals surface area contributed by atoms with Gasteiger partial charge in [0.2, 0.25) is 10.0 Å². The third kappa shape index (κ3) is 5.38. The number of aromatic nitrogens is 3. The molecule has 1 atom stereocenters. The minimum atomic E-state index is -3.79. The number of carbonyl (C=O) groups is 1. The largest absolute Gasteiger partial charge is 0.455 e. The molecule has 3 aromatic heterocycles. The van der Waals surface area contributed by atoms with E-state index in [-0.39, 0.29) is 33.6 Å². The van der Waals surface area contributed by atoms with Crippen molar-refractivity contribution in [3.05, 3.63) is 112 Å². The number of nitrogens with one attached hydrogen (secondary N) is 1. The van der Waals surface area contributed by atoms with Gasteiger partial charge in [0.25, 0.3) is 11.5 Å². The van der Waals surface area contributed by atoms with Crippen LogP contribution in [0.3, 0.4) is 0 Å². The van der Waals surface area contributed by atoms with Crippen LogP contribution < -0.4 is 15.2 Å². The SMILES string of the molecule is CNC(=O)c1c(-c2ccc(F)cc2)oc2cc(N(C)S(C)(=O)=O)c(-c3cnc4ncn(C(C)c5ccc(F)cc5)c(=O)c4c3)cc12. The van der Waals surface area contributed by atoms with E-state index < -0.39 is 39.2 Å². The molecule has 3 heterocycles. The molecule has 1 amide bonds. The molecule has 0 fully saturated rings. The lowest BCUT2D eigenvalue weighted by molar-refractivity contribution is 0.0964. The predicted molar refractivity (Wildman–Crippen MR) is 171 cm³/mol. The van der Waals surface area contributed by atoms with E-state index in [0.717, 1.165) is 10.6 Å². The first-order chi connectivity index (χ1) is 21.9. The smallest absolute Gasteiger partial charge is 0.263 e. The summed E-state index contributed by atoms with van der Waals surface area (Å²) in [4.78, 5) is 35.7. The molecule has 0 saturated carbocycles. The van der Waals surface area contributed by atoms with Gasteiger partial charge in [-0.25, -0.2) is 27.2 Å². The van der Waals surface area contributed by atoms with E-state index in [2.05, 4.69) is 15.3 Å². The lowest BCUT2D eigenvalue weighted by atomic mass is 9.99. The van der Waals surface area contributed by atoms with E-state index in [1.54, 1.807) is 31.2 Å². The molecule has 0 bridgehead atoms. The number of fused-ring (bicyclic) bond motifs is 2. The van der Waals surface area contributed by atoms with E-state index in [0.29, 0.717) is 27.6 Å². The highest BCUT2D eigenvalue weighted by Gasteiger charge is 2.26. The fraction of sp³-hybridized carbons (Fsp3) is 0.152. The number of furan rings is 1. The van der Waals surface area contributed by atoms with Crippen LogP contribution in [0.15, 0.2) is 88.5 Å². The molecular formula is C33H27F2N5O5S. The van der Waals surface area contributed by atoms with Crippen molar-refractivity contribution >= 4 is 43.6 Å². The predicted octanol–water partition coefficient (Wildman–Crippen LogP) is 5.51. The van der Waals surface area contributed by atoms with Crippen LogP contribution in [0.5, 0.6) is 0 Å². The van der Waals surface area contributed by atoms with Crippen molar-refractivity contribution < 1.29 is 26.4 Å². The van der Waals surface area contributed by atoms with Gasteiger partial charge in [0.1, 0.15) is 29.3 Å². The van der Waals surface area contributed by atoms with Gasteiger partial charge in [0.15, 0.2) is 5.65 Å². The molecule has 0 radical (unpaired) electrons. The zero-order valence-corrected chi connectivity index (χ0v) is 25.9. The van der Waals surface area contributed by atoms with Gasteiger partial charge in [0, 0.05) is 48.4 Å². The number of amides is 1. The lowest BCUT2D eigenvalue weighted by Gasteiger charge is -2.21. The van der Waals surface area contributed by atoms with Gasteiger partial charge in [0.05, 0.1) is 28.9 Å². The lowest BCUT2D eigenvalue weighted by Crippen LogP contribution is -2.25. The number of hydrogen-bond donors (Lipinski definition) is 1. The summed E-state index contributed by atoms with van der Waals surface area (Å²) in [5, 5.41) is 3.12. The second-order valence-corrected chi connectivity index (χ2v) is 12.8. The number of benzene rings is 3. The Morgan fingerprint density at radius 2 is 1.61 bits per heavy atom. The quantitative estimate of drug-likeness (QED) is 0.243. The third-order valence-corrected chi connectivity index (χ3v) is 9.11. The molecule has 3 aromatic carbocycles. The molecule has 234 valence electrons. The molecule has 10 nitrogen and oxygen atoms in total. The van der Waals surface area contributed by atoms with Gasteiger partial charge < -0.3 is 9.73 Å². The summed E-state index contributed by atoms with van der Waals surface area (Å²) in [6.45, 7) is 1.78. The summed E-state index contributed by atoms with van der Waals surface area (Å²) >= 11 is 0. The average molecular weight is 644 g/mol. The number of pyridine rings is 1. The average Bonchev–Trinajstić information content (AvgIpc) is 3.42. The standard InChI is InChI=1S/C33H27F2N5O5S/c1-18(19-5-9-22(34)10-6-19)40-17-38-31-26(33(40)42)13-21(16-37-31)24-14-25-28(15-27(24)39(3)46(4,43)44)45-30(29(25)32(41)36-2)20-7-11-23(35)12-8-20/h5-18H,1-4H3,(H,36,41). The Kier molecular flexibility index (Phi) is 7.64. The van der Waals surface area contributed by atoms with Crippen LogP contribution in [0.1, 0.15) is 28.9 Å². The Morgan fingerprint density at radius 1 is 0.957 bits per heavy atom. The summed E-state index contributed by atoms with van der Waals surface area (Å²) in [5.74, 6) is -1.18. The van der Waals surface area contributed by atoms with Gasteiger partial charge in [-0.3, -0.25) is 18.5 Å². The van der Waals surface area contributed by atoms with Crippen LogP contribution in [0.25, 0.3) is 44.5 Å². The summed E-state index contributed by atoms with van der Waals surface area (Å²) < 4.78 is 61.4. The molecule has 0 aliphatic carbocycles. The first-order valence-corrected chi connectivity index (χ1v) is 15.9. The van der Waals surface area contributed by atoms with Crippen molar-refractivity contribution in [2.75, 3.05) is 24.7 Å². The van der Waals surface area contributed by atoms with Crippen molar-refractivity contribution in [1.82, 2.24) is 19.9 Å². The van der Waals surface area contributed by atoms with E-state index in [4.69, 9.17) is 4.42 Å². The van der Waals surface area contributed by atoms with Crippen molar-refractivity contribution in [2.45, 2.75) is 13.0 Å². The van der Waals surface area contributed by atoms with Crippen LogP contribution in [0.2, 0.25) is 0 Å². The number of sulfonamides is 1. The number of carbonyl (C=O) groups excluding carboxylic acids is 1. The van der Waals surface area contributed by atoms with Gasteiger partial charge in [-0.2, -0.15) is 0 Å². The van der Waals surface area contributed by atoms with E-state index in [1.807, 2.05) is 0 Å². The second-order valence-electron chi connectivity index (χ2n) is 10.8. The molecular weight excluding hydrogens is 616 g/mol. The normalized spacial score (nSPS) is 12.4. The molecule has 6 aromatic rings. The van der Waals surface area contributed by atoms with Gasteiger partial charge in [-0.15, -0.1) is 0 Å². The first kappa shape index (κ1) is 30.6. The van der Waals surface area contributed by atoms with Crippen molar-refractivity contribution in [3.63, 3.8) is 0 Å². The Morgan fingerprint density at radius 3 is 2.24 bits per heavy atom. The van der Waals surface area contributed by atoms with Crippen LogP contribution >= 0.6 is 0 Å². The van der Waals surface area contributed by atoms with E-state index in [9.17, 15) is 26.8 Å². The van der Waals surface area contributed by atoms with Gasteiger partial charge >= 0.3 is 0 Å². The molecule has 0 aliphatic rings. The van der Waals surface area contributed by atoms with Crippen molar-refractivity contribution in [3.8, 4) is 22.5 Å². The monoisotopic (exact) mass is 643 g/mol. The molecule has 46 heavy (non-hydrogen) atoms. The van der Waals surface area contributed by atoms with Crippen LogP contribution in [0.4, 0.5) is 14.5 Å². The Hall–Kier alpha value is -5.43. The number of nitrogens with zero attached hydrogens (tertiary/aromatic N) is 4. The van der Waals surface area contributed by atoms with Gasteiger partial charge in [-0.1, -0.05) is 12.1 Å². The Balaban J connectivity index is 1.60.